The lowest BCUT2D eigenvalue weighted by molar-refractivity contribution is -0.116. The van der Waals surface area contributed by atoms with Crippen LogP contribution in [0.25, 0.3) is 0 Å². The largest absolute Gasteiger partial charge is 0.493 e. The van der Waals surface area contributed by atoms with Crippen LogP contribution in [0.4, 0.5) is 5.69 Å². The monoisotopic (exact) mass is 313 g/mol. The van der Waals surface area contributed by atoms with Gasteiger partial charge in [-0.25, -0.2) is 0 Å². The predicted molar refractivity (Wildman–Crippen MR) is 91.8 cm³/mol. The van der Waals surface area contributed by atoms with Crippen molar-refractivity contribution in [2.75, 3.05) is 11.9 Å². The molecule has 0 aliphatic rings. The number of ether oxygens (including phenoxy) is 1. The minimum absolute atomic E-state index is 0.0427. The van der Waals surface area contributed by atoms with Crippen LogP contribution in [0.3, 0.4) is 0 Å². The number of hydrogen-bond donors (Lipinski definition) is 2. The zero-order valence-corrected chi connectivity index (χ0v) is 13.8. The van der Waals surface area contributed by atoms with Gasteiger partial charge in [0, 0.05) is 5.69 Å². The molecule has 0 aliphatic heterocycles. The first-order chi connectivity index (χ1) is 11.0. The molecule has 0 bridgehead atoms. The van der Waals surface area contributed by atoms with Gasteiger partial charge in [-0.2, -0.15) is 0 Å². The molecule has 122 valence electrons. The molecule has 1 amide bonds. The van der Waals surface area contributed by atoms with E-state index < -0.39 is 0 Å². The lowest BCUT2D eigenvalue weighted by Crippen LogP contribution is -2.16. The molecule has 4 heteroatoms. The maximum Gasteiger partial charge on any atom is 0.227 e. The number of rotatable bonds is 6. The van der Waals surface area contributed by atoms with Crippen LogP contribution in [0.15, 0.2) is 36.4 Å². The molecule has 0 unspecified atom stereocenters. The van der Waals surface area contributed by atoms with E-state index in [1.807, 2.05) is 45.0 Å². The van der Waals surface area contributed by atoms with Crippen molar-refractivity contribution in [3.63, 3.8) is 0 Å². The summed E-state index contributed by atoms with van der Waals surface area (Å²) in [5, 5.41) is 12.0. The normalized spacial score (nSPS) is 10.4. The molecule has 2 aromatic rings. The van der Waals surface area contributed by atoms with Gasteiger partial charge in [0.1, 0.15) is 5.75 Å². The predicted octanol–water partition coefficient (Wildman–Crippen LogP) is 3.51. The Kier molecular flexibility index (Phi) is 5.77. The van der Waals surface area contributed by atoms with E-state index >= 15 is 0 Å². The fourth-order valence-corrected chi connectivity index (χ4v) is 2.39. The van der Waals surface area contributed by atoms with E-state index in [0.717, 1.165) is 33.7 Å². The Balaban J connectivity index is 1.88. The SMILES string of the molecule is Cc1cc(C)cc(OCCC(=O)Nc2cc(CO)ccc2C)c1. The molecule has 0 atom stereocenters. The van der Waals surface area contributed by atoms with Crippen molar-refractivity contribution >= 4 is 11.6 Å². The van der Waals surface area contributed by atoms with Crippen LogP contribution in [-0.4, -0.2) is 17.6 Å². The molecule has 4 nitrogen and oxygen atoms in total. The number of aryl methyl sites for hydroxylation is 3. The highest BCUT2D eigenvalue weighted by atomic mass is 16.5. The summed E-state index contributed by atoms with van der Waals surface area (Å²) in [4.78, 5) is 12.0. The van der Waals surface area contributed by atoms with Crippen LogP contribution in [0, 0.1) is 20.8 Å². The molecule has 2 aromatic carbocycles. The molecule has 2 rings (SSSR count). The Bertz CT molecular complexity index is 675. The van der Waals surface area contributed by atoms with E-state index in [2.05, 4.69) is 11.4 Å². The maximum atomic E-state index is 12.0. The molecular formula is C19H23NO3. The molecule has 0 heterocycles. The quantitative estimate of drug-likeness (QED) is 0.858. The van der Waals surface area contributed by atoms with Crippen LogP contribution >= 0.6 is 0 Å². The Labute approximate surface area is 137 Å². The number of hydrogen-bond acceptors (Lipinski definition) is 3. The van der Waals surface area contributed by atoms with Gasteiger partial charge in [-0.15, -0.1) is 0 Å². The Morgan fingerprint density at radius 3 is 2.43 bits per heavy atom. The first-order valence-electron chi connectivity index (χ1n) is 7.69. The fourth-order valence-electron chi connectivity index (χ4n) is 2.39. The zero-order chi connectivity index (χ0) is 16.8. The minimum atomic E-state index is -0.104. The van der Waals surface area contributed by atoms with Gasteiger partial charge in [0.25, 0.3) is 0 Å². The molecule has 0 aliphatic carbocycles. The third-order valence-corrected chi connectivity index (χ3v) is 3.55. The highest BCUT2D eigenvalue weighted by Crippen LogP contribution is 2.18. The van der Waals surface area contributed by atoms with Crippen molar-refractivity contribution in [2.45, 2.75) is 33.8 Å². The van der Waals surface area contributed by atoms with E-state index in [1.165, 1.54) is 0 Å². The minimum Gasteiger partial charge on any atom is -0.493 e. The summed E-state index contributed by atoms with van der Waals surface area (Å²) in [5.74, 6) is 0.682. The standard InChI is InChI=1S/C19H23NO3/c1-13-8-14(2)10-17(9-13)23-7-6-19(22)20-18-11-16(12-21)5-4-15(18)3/h4-5,8-11,21H,6-7,12H2,1-3H3,(H,20,22). The second-order valence-corrected chi connectivity index (χ2v) is 5.78. The summed E-state index contributed by atoms with van der Waals surface area (Å²) in [5.41, 5.74) is 4.75. The van der Waals surface area contributed by atoms with Crippen molar-refractivity contribution in [2.24, 2.45) is 0 Å². The molecular weight excluding hydrogens is 290 g/mol. The number of carbonyl (C=O) groups is 1. The molecule has 2 N–H and O–H groups in total. The second kappa shape index (κ2) is 7.79. The second-order valence-electron chi connectivity index (χ2n) is 5.78. The molecule has 0 saturated heterocycles. The van der Waals surface area contributed by atoms with Gasteiger partial charge < -0.3 is 15.2 Å². The van der Waals surface area contributed by atoms with Crippen molar-refractivity contribution in [3.8, 4) is 5.75 Å². The Morgan fingerprint density at radius 1 is 1.09 bits per heavy atom. The van der Waals surface area contributed by atoms with E-state index in [0.29, 0.717) is 6.61 Å². The van der Waals surface area contributed by atoms with E-state index in [1.54, 1.807) is 6.07 Å². The number of carbonyl (C=O) groups excluding carboxylic acids is 1. The van der Waals surface area contributed by atoms with Gasteiger partial charge in [-0.1, -0.05) is 18.2 Å². The molecule has 0 aromatic heterocycles. The van der Waals surface area contributed by atoms with Gasteiger partial charge in [0.05, 0.1) is 19.6 Å². The van der Waals surface area contributed by atoms with Crippen LogP contribution in [0.1, 0.15) is 28.7 Å². The number of aliphatic hydroxyl groups excluding tert-OH is 1. The topological polar surface area (TPSA) is 58.6 Å². The summed E-state index contributed by atoms with van der Waals surface area (Å²) in [6.07, 6.45) is 0.274. The summed E-state index contributed by atoms with van der Waals surface area (Å²) >= 11 is 0. The van der Waals surface area contributed by atoms with Crippen molar-refractivity contribution in [3.05, 3.63) is 58.7 Å². The molecule has 0 spiro atoms. The lowest BCUT2D eigenvalue weighted by Gasteiger charge is -2.11. The fraction of sp³-hybridized carbons (Fsp3) is 0.316. The average Bonchev–Trinajstić information content (AvgIpc) is 2.48. The summed E-state index contributed by atoms with van der Waals surface area (Å²) in [6, 6.07) is 11.5. The number of aliphatic hydroxyl groups is 1. The lowest BCUT2D eigenvalue weighted by atomic mass is 10.1. The van der Waals surface area contributed by atoms with Gasteiger partial charge >= 0.3 is 0 Å². The van der Waals surface area contributed by atoms with Crippen LogP contribution in [0.5, 0.6) is 5.75 Å². The third-order valence-electron chi connectivity index (χ3n) is 3.55. The van der Waals surface area contributed by atoms with Gasteiger partial charge in [0.15, 0.2) is 0 Å². The summed E-state index contributed by atoms with van der Waals surface area (Å²) in [6.45, 7) is 6.24. The summed E-state index contributed by atoms with van der Waals surface area (Å²) < 4.78 is 5.65. The van der Waals surface area contributed by atoms with Crippen LogP contribution in [0.2, 0.25) is 0 Å². The molecule has 23 heavy (non-hydrogen) atoms. The average molecular weight is 313 g/mol. The maximum absolute atomic E-state index is 12.0. The zero-order valence-electron chi connectivity index (χ0n) is 13.8. The Morgan fingerprint density at radius 2 is 1.78 bits per heavy atom. The van der Waals surface area contributed by atoms with Crippen LogP contribution < -0.4 is 10.1 Å². The smallest absolute Gasteiger partial charge is 0.227 e. The third kappa shape index (κ3) is 5.11. The van der Waals surface area contributed by atoms with E-state index in [4.69, 9.17) is 9.84 Å². The van der Waals surface area contributed by atoms with Crippen LogP contribution in [-0.2, 0) is 11.4 Å². The van der Waals surface area contributed by atoms with Gasteiger partial charge in [-0.3, -0.25) is 4.79 Å². The van der Waals surface area contributed by atoms with Crippen molar-refractivity contribution in [1.29, 1.82) is 0 Å². The van der Waals surface area contributed by atoms with Crippen molar-refractivity contribution < 1.29 is 14.6 Å². The highest BCUT2D eigenvalue weighted by Gasteiger charge is 2.06. The Hall–Kier alpha value is -2.33. The highest BCUT2D eigenvalue weighted by molar-refractivity contribution is 5.91. The number of benzene rings is 2. The first kappa shape index (κ1) is 17.0. The first-order valence-corrected chi connectivity index (χ1v) is 7.69. The van der Waals surface area contributed by atoms with E-state index in [-0.39, 0.29) is 18.9 Å². The number of amides is 1. The van der Waals surface area contributed by atoms with Crippen molar-refractivity contribution in [1.82, 2.24) is 0 Å². The van der Waals surface area contributed by atoms with Gasteiger partial charge in [0.2, 0.25) is 5.91 Å². The number of anilines is 1. The molecule has 0 saturated carbocycles. The molecule has 0 fully saturated rings. The summed E-state index contributed by atoms with van der Waals surface area (Å²) in [7, 11) is 0. The van der Waals surface area contributed by atoms with E-state index in [9.17, 15) is 4.79 Å². The van der Waals surface area contributed by atoms with Gasteiger partial charge in [-0.05, 0) is 61.2 Å². The molecule has 0 radical (unpaired) electrons. The number of nitrogens with one attached hydrogen (secondary N) is 1.